The van der Waals surface area contributed by atoms with Gasteiger partial charge in [0.25, 0.3) is 0 Å². The molecule has 0 aromatic carbocycles. The second kappa shape index (κ2) is 41.0. The van der Waals surface area contributed by atoms with E-state index in [1.165, 1.54) is 128 Å². The molecular formula is C46H91NO5. The van der Waals surface area contributed by atoms with Crippen molar-refractivity contribution in [2.45, 2.75) is 233 Å². The Hall–Kier alpha value is -1.14. The Morgan fingerprint density at radius 1 is 0.481 bits per heavy atom. The largest absolute Gasteiger partial charge is 0.465 e. The Kier molecular flexibility index (Phi) is 40.1. The molecule has 0 aromatic rings. The predicted molar refractivity (Wildman–Crippen MR) is 223 cm³/mol. The maximum atomic E-state index is 12.9. The van der Waals surface area contributed by atoms with Crippen LogP contribution in [0.1, 0.15) is 233 Å². The summed E-state index contributed by atoms with van der Waals surface area (Å²) in [4.78, 5) is 27.8. The zero-order valence-electron chi connectivity index (χ0n) is 35.6. The summed E-state index contributed by atoms with van der Waals surface area (Å²) in [6.45, 7) is 13.0. The van der Waals surface area contributed by atoms with Crippen molar-refractivity contribution in [1.29, 1.82) is 0 Å². The normalized spacial score (nSPS) is 12.7. The highest BCUT2D eigenvalue weighted by molar-refractivity contribution is 5.72. The first kappa shape index (κ1) is 50.9. The van der Waals surface area contributed by atoms with Crippen LogP contribution in [0.4, 0.5) is 0 Å². The number of aliphatic hydroxyl groups is 1. The SMILES string of the molecule is CCCCCCCCC(CCCCCC)COC(=O)CCCCCN(CCO)CCCCCCOC(=O)C(CCCCCC)CCCCCCCC. The number of carbonyl (C=O) groups is 2. The summed E-state index contributed by atoms with van der Waals surface area (Å²) in [6, 6.07) is 0. The third kappa shape index (κ3) is 34.6. The first-order valence-electron chi connectivity index (χ1n) is 23.2. The zero-order chi connectivity index (χ0) is 38.2. The smallest absolute Gasteiger partial charge is 0.308 e. The predicted octanol–water partition coefficient (Wildman–Crippen LogP) is 13.2. The summed E-state index contributed by atoms with van der Waals surface area (Å²) in [5, 5.41) is 9.60. The van der Waals surface area contributed by atoms with E-state index in [-0.39, 0.29) is 24.5 Å². The Morgan fingerprint density at radius 3 is 1.42 bits per heavy atom. The number of rotatable bonds is 42. The first-order valence-corrected chi connectivity index (χ1v) is 23.2. The molecule has 0 fully saturated rings. The van der Waals surface area contributed by atoms with Crippen LogP contribution >= 0.6 is 0 Å². The monoisotopic (exact) mass is 738 g/mol. The number of hydrogen-bond donors (Lipinski definition) is 1. The fraction of sp³-hybridized carbons (Fsp3) is 0.957. The van der Waals surface area contributed by atoms with Gasteiger partial charge in [0.15, 0.2) is 0 Å². The summed E-state index contributed by atoms with van der Waals surface area (Å²) < 4.78 is 11.6. The van der Waals surface area contributed by atoms with Crippen LogP contribution in [0.2, 0.25) is 0 Å². The molecule has 310 valence electrons. The van der Waals surface area contributed by atoms with Crippen molar-refractivity contribution >= 4 is 11.9 Å². The molecule has 0 bridgehead atoms. The quantitative estimate of drug-likeness (QED) is 0.0496. The summed E-state index contributed by atoms with van der Waals surface area (Å²) >= 11 is 0. The summed E-state index contributed by atoms with van der Waals surface area (Å²) in [7, 11) is 0. The molecule has 0 aromatic heterocycles. The van der Waals surface area contributed by atoms with Crippen LogP contribution in [0.5, 0.6) is 0 Å². The van der Waals surface area contributed by atoms with E-state index in [0.717, 1.165) is 83.7 Å². The lowest BCUT2D eigenvalue weighted by Crippen LogP contribution is -2.29. The molecule has 0 saturated heterocycles. The van der Waals surface area contributed by atoms with Gasteiger partial charge in [0.1, 0.15) is 0 Å². The van der Waals surface area contributed by atoms with E-state index in [1.807, 2.05) is 0 Å². The van der Waals surface area contributed by atoms with Crippen LogP contribution in [0.25, 0.3) is 0 Å². The topological polar surface area (TPSA) is 76.1 Å². The number of esters is 2. The van der Waals surface area contributed by atoms with Crippen molar-refractivity contribution in [2.75, 3.05) is 39.5 Å². The van der Waals surface area contributed by atoms with E-state index in [2.05, 4.69) is 32.6 Å². The van der Waals surface area contributed by atoms with Gasteiger partial charge in [-0.15, -0.1) is 0 Å². The van der Waals surface area contributed by atoms with E-state index in [9.17, 15) is 14.7 Å². The zero-order valence-corrected chi connectivity index (χ0v) is 35.6. The van der Waals surface area contributed by atoms with Gasteiger partial charge in [0.2, 0.25) is 0 Å². The minimum absolute atomic E-state index is 0.0281. The average Bonchev–Trinajstić information content (AvgIpc) is 3.14. The van der Waals surface area contributed by atoms with Crippen LogP contribution in [-0.4, -0.2) is 61.4 Å². The third-order valence-electron chi connectivity index (χ3n) is 10.9. The van der Waals surface area contributed by atoms with Crippen LogP contribution in [0, 0.1) is 11.8 Å². The van der Waals surface area contributed by atoms with Gasteiger partial charge >= 0.3 is 11.9 Å². The van der Waals surface area contributed by atoms with Gasteiger partial charge in [-0.1, -0.05) is 175 Å². The molecule has 0 aliphatic carbocycles. The van der Waals surface area contributed by atoms with Crippen molar-refractivity contribution in [3.05, 3.63) is 0 Å². The average molecular weight is 738 g/mol. The Balaban J connectivity index is 4.21. The molecule has 0 heterocycles. The number of ether oxygens (including phenoxy) is 2. The second-order valence-electron chi connectivity index (χ2n) is 16.0. The van der Waals surface area contributed by atoms with Crippen LogP contribution < -0.4 is 0 Å². The molecule has 0 rings (SSSR count). The molecule has 2 unspecified atom stereocenters. The highest BCUT2D eigenvalue weighted by Crippen LogP contribution is 2.22. The molecule has 52 heavy (non-hydrogen) atoms. The molecule has 0 aliphatic heterocycles. The first-order chi connectivity index (χ1) is 25.5. The minimum atomic E-state index is -0.0281. The van der Waals surface area contributed by atoms with Gasteiger partial charge < -0.3 is 19.5 Å². The van der Waals surface area contributed by atoms with Gasteiger partial charge in [-0.25, -0.2) is 0 Å². The lowest BCUT2D eigenvalue weighted by molar-refractivity contribution is -0.149. The number of unbranched alkanes of at least 4 members (excludes halogenated alkanes) is 21. The molecular weight excluding hydrogens is 647 g/mol. The molecule has 1 N–H and O–H groups in total. The van der Waals surface area contributed by atoms with Gasteiger partial charge in [-0.2, -0.15) is 0 Å². The van der Waals surface area contributed by atoms with E-state index in [0.29, 0.717) is 32.1 Å². The standard InChI is InChI=1S/C46H91NO5/c1-5-9-13-17-19-25-33-43(32-24-15-11-7-3)42-52-45(49)36-28-23-30-38-47(39-40-48)37-29-21-22-31-41-51-46(50)44(34-26-16-12-8-4)35-27-20-18-14-10-6-2/h43-44,48H,5-42H2,1-4H3. The van der Waals surface area contributed by atoms with Crippen LogP contribution in [0.15, 0.2) is 0 Å². The van der Waals surface area contributed by atoms with E-state index in [1.54, 1.807) is 0 Å². The molecule has 6 nitrogen and oxygen atoms in total. The Bertz CT molecular complexity index is 746. The molecule has 2 atom stereocenters. The fourth-order valence-corrected chi connectivity index (χ4v) is 7.38. The maximum absolute atomic E-state index is 12.9. The molecule has 0 aliphatic rings. The number of carbonyl (C=O) groups excluding carboxylic acids is 2. The van der Waals surface area contributed by atoms with Gasteiger partial charge in [0, 0.05) is 13.0 Å². The van der Waals surface area contributed by atoms with Crippen molar-refractivity contribution in [3.63, 3.8) is 0 Å². The van der Waals surface area contributed by atoms with E-state index < -0.39 is 0 Å². The van der Waals surface area contributed by atoms with E-state index in [4.69, 9.17) is 9.47 Å². The Labute approximate surface area is 324 Å². The lowest BCUT2D eigenvalue weighted by Gasteiger charge is -2.21. The maximum Gasteiger partial charge on any atom is 0.308 e. The highest BCUT2D eigenvalue weighted by Gasteiger charge is 2.19. The van der Waals surface area contributed by atoms with Gasteiger partial charge in [-0.3, -0.25) is 9.59 Å². The number of hydrogen-bond acceptors (Lipinski definition) is 6. The number of aliphatic hydroxyl groups excluding tert-OH is 1. The molecule has 0 radical (unpaired) electrons. The van der Waals surface area contributed by atoms with Crippen molar-refractivity contribution in [2.24, 2.45) is 11.8 Å². The Morgan fingerprint density at radius 2 is 0.904 bits per heavy atom. The van der Waals surface area contributed by atoms with Gasteiger partial charge in [0.05, 0.1) is 25.7 Å². The highest BCUT2D eigenvalue weighted by atomic mass is 16.5. The van der Waals surface area contributed by atoms with Gasteiger partial charge in [-0.05, 0) is 70.4 Å². The second-order valence-corrected chi connectivity index (χ2v) is 16.0. The van der Waals surface area contributed by atoms with Crippen molar-refractivity contribution in [3.8, 4) is 0 Å². The molecule has 6 heteroatoms. The summed E-state index contributed by atoms with van der Waals surface area (Å²) in [5.41, 5.74) is 0. The van der Waals surface area contributed by atoms with Crippen LogP contribution in [-0.2, 0) is 19.1 Å². The summed E-state index contributed by atoms with van der Waals surface area (Å²) in [6.07, 6.45) is 37.4. The molecule has 0 amide bonds. The fourth-order valence-electron chi connectivity index (χ4n) is 7.38. The van der Waals surface area contributed by atoms with E-state index >= 15 is 0 Å². The number of nitrogens with zero attached hydrogens (tertiary/aromatic N) is 1. The summed E-state index contributed by atoms with van der Waals surface area (Å²) in [5.74, 6) is 0.613. The molecule has 0 spiro atoms. The minimum Gasteiger partial charge on any atom is -0.465 e. The van der Waals surface area contributed by atoms with Crippen molar-refractivity contribution < 1.29 is 24.2 Å². The lowest BCUT2D eigenvalue weighted by atomic mass is 9.94. The third-order valence-corrected chi connectivity index (χ3v) is 10.9. The molecule has 0 saturated carbocycles. The van der Waals surface area contributed by atoms with Crippen molar-refractivity contribution in [1.82, 2.24) is 4.90 Å². The van der Waals surface area contributed by atoms with Crippen LogP contribution in [0.3, 0.4) is 0 Å².